The molecule has 19 heteroatoms. The minimum absolute atomic E-state index is 0.106. The highest BCUT2D eigenvalue weighted by Gasteiger charge is 2.30. The second-order valence-corrected chi connectivity index (χ2v) is 34.1. The van der Waals surface area contributed by atoms with E-state index < -0.39 is 97.5 Å². The summed E-state index contributed by atoms with van der Waals surface area (Å²) in [6.07, 6.45) is 58.5. The van der Waals surface area contributed by atoms with Crippen molar-refractivity contribution in [2.24, 2.45) is 23.7 Å². The van der Waals surface area contributed by atoms with Crippen LogP contribution in [0.3, 0.4) is 0 Å². The molecule has 0 aromatic carbocycles. The van der Waals surface area contributed by atoms with Gasteiger partial charge in [0.2, 0.25) is 0 Å². The van der Waals surface area contributed by atoms with E-state index in [-0.39, 0.29) is 25.7 Å². The standard InChI is InChI=1S/C82H160O17P2/c1-9-75(8)61-53-45-36-30-23-19-16-17-20-24-31-37-46-54-62-79(84)92-68-77(98-82(87)65-57-49-39-33-27-26-29-35-43-51-59-73(4)5)70-96-100(88,89)94-66-76(83)67-95-101(90,91)97-71-78(69-93-80(85)63-55-47-41-40-44-52-60-74(6)7)99-81(86)64-56-48-38-32-25-21-15-13-11-10-12-14-18-22-28-34-42-50-58-72(2)3/h72-78,83H,9-71H2,1-8H3,(H,88,89)(H,90,91)/t75?,76?,77-,78-/m1/s1. The largest absolute Gasteiger partial charge is 0.472 e. The molecule has 0 saturated heterocycles. The van der Waals surface area contributed by atoms with Gasteiger partial charge in [0.15, 0.2) is 12.2 Å². The second-order valence-electron chi connectivity index (χ2n) is 31.2. The number of carbonyl (C=O) groups excluding carboxylic acids is 4. The first kappa shape index (κ1) is 99.1. The average Bonchev–Trinajstić information content (AvgIpc) is 0.939. The molecular weight excluding hydrogens is 1320 g/mol. The molecule has 0 aliphatic carbocycles. The van der Waals surface area contributed by atoms with Crippen molar-refractivity contribution in [3.8, 4) is 0 Å². The van der Waals surface area contributed by atoms with Crippen LogP contribution in [0.15, 0.2) is 0 Å². The highest BCUT2D eigenvalue weighted by molar-refractivity contribution is 7.47. The zero-order chi connectivity index (χ0) is 74.6. The Balaban J connectivity index is 5.17. The summed E-state index contributed by atoms with van der Waals surface area (Å²) in [5.74, 6) is 0.986. The zero-order valence-electron chi connectivity index (χ0n) is 66.5. The first-order chi connectivity index (χ1) is 48.6. The van der Waals surface area contributed by atoms with E-state index in [1.54, 1.807) is 0 Å². The molecule has 0 saturated carbocycles. The summed E-state index contributed by atoms with van der Waals surface area (Å²) >= 11 is 0. The molecule has 0 amide bonds. The third-order valence-corrected chi connectivity index (χ3v) is 21.3. The van der Waals surface area contributed by atoms with Gasteiger partial charge in [0.05, 0.1) is 26.4 Å². The number of unbranched alkanes of at least 4 members (excludes halogenated alkanes) is 44. The fourth-order valence-electron chi connectivity index (χ4n) is 12.6. The van der Waals surface area contributed by atoms with Crippen LogP contribution < -0.4 is 0 Å². The molecule has 0 fully saturated rings. The maximum Gasteiger partial charge on any atom is 0.472 e. The molecular formula is C82H160O17P2. The van der Waals surface area contributed by atoms with Crippen LogP contribution in [0.2, 0.25) is 0 Å². The summed E-state index contributed by atoms with van der Waals surface area (Å²) < 4.78 is 68.7. The van der Waals surface area contributed by atoms with Crippen LogP contribution in [-0.2, 0) is 65.4 Å². The SMILES string of the molecule is CCC(C)CCCCCCCCCCCCCCCCC(=O)OC[C@H](COP(=O)(O)OCC(O)COP(=O)(O)OC[C@@H](COC(=O)CCCCCCCCC(C)C)OC(=O)CCCCCCCCCCCCCCCCCCCCC(C)C)OC(=O)CCCCCCCCCCCCC(C)C. The molecule has 3 N–H and O–H groups in total. The third-order valence-electron chi connectivity index (χ3n) is 19.4. The summed E-state index contributed by atoms with van der Waals surface area (Å²) in [5.41, 5.74) is 0. The van der Waals surface area contributed by atoms with Crippen LogP contribution in [-0.4, -0.2) is 96.7 Å². The second kappa shape index (κ2) is 71.0. The lowest BCUT2D eigenvalue weighted by Crippen LogP contribution is -2.30. The van der Waals surface area contributed by atoms with Gasteiger partial charge in [-0.25, -0.2) is 9.13 Å². The number of ether oxygens (including phenoxy) is 4. The van der Waals surface area contributed by atoms with Crippen molar-refractivity contribution in [3.05, 3.63) is 0 Å². The van der Waals surface area contributed by atoms with Gasteiger partial charge in [0, 0.05) is 25.7 Å². The molecule has 0 spiro atoms. The van der Waals surface area contributed by atoms with Crippen molar-refractivity contribution in [2.75, 3.05) is 39.6 Å². The number of hydrogen-bond acceptors (Lipinski definition) is 15. The topological polar surface area (TPSA) is 237 Å². The van der Waals surface area contributed by atoms with Gasteiger partial charge in [-0.15, -0.1) is 0 Å². The predicted octanol–water partition coefficient (Wildman–Crippen LogP) is 24.4. The molecule has 600 valence electrons. The van der Waals surface area contributed by atoms with Gasteiger partial charge in [-0.2, -0.15) is 0 Å². The number of carbonyl (C=O) groups is 4. The first-order valence-corrected chi connectivity index (χ1v) is 45.2. The Kier molecular flexibility index (Phi) is 69.6. The van der Waals surface area contributed by atoms with Crippen molar-refractivity contribution in [1.29, 1.82) is 0 Å². The fourth-order valence-corrected chi connectivity index (χ4v) is 14.2. The third kappa shape index (κ3) is 74.7. The average molecular weight is 1480 g/mol. The minimum Gasteiger partial charge on any atom is -0.462 e. The smallest absolute Gasteiger partial charge is 0.462 e. The van der Waals surface area contributed by atoms with Gasteiger partial charge >= 0.3 is 39.5 Å². The number of phosphoric acid groups is 2. The normalized spacial score (nSPS) is 14.3. The maximum atomic E-state index is 13.1. The summed E-state index contributed by atoms with van der Waals surface area (Å²) in [6, 6.07) is 0. The Morgan fingerprint density at radius 3 is 0.703 bits per heavy atom. The molecule has 4 unspecified atom stereocenters. The summed E-state index contributed by atoms with van der Waals surface area (Å²) in [6.45, 7) is 14.2. The van der Waals surface area contributed by atoms with Gasteiger partial charge < -0.3 is 33.8 Å². The molecule has 0 aromatic rings. The van der Waals surface area contributed by atoms with Crippen molar-refractivity contribution in [1.82, 2.24) is 0 Å². The number of phosphoric ester groups is 2. The fraction of sp³-hybridized carbons (Fsp3) is 0.951. The van der Waals surface area contributed by atoms with E-state index in [2.05, 4.69) is 55.4 Å². The van der Waals surface area contributed by atoms with E-state index in [1.165, 1.54) is 218 Å². The summed E-state index contributed by atoms with van der Waals surface area (Å²) in [4.78, 5) is 73.0. The Morgan fingerprint density at radius 2 is 0.475 bits per heavy atom. The first-order valence-electron chi connectivity index (χ1n) is 42.2. The molecule has 0 bridgehead atoms. The Labute approximate surface area is 619 Å². The quantitative estimate of drug-likeness (QED) is 0.0222. The van der Waals surface area contributed by atoms with Crippen LogP contribution in [0.1, 0.15) is 421 Å². The van der Waals surface area contributed by atoms with E-state index in [1.807, 2.05) is 0 Å². The van der Waals surface area contributed by atoms with Crippen LogP contribution >= 0.6 is 15.6 Å². The lowest BCUT2D eigenvalue weighted by atomic mass is 9.99. The molecule has 0 heterocycles. The lowest BCUT2D eigenvalue weighted by Gasteiger charge is -2.21. The van der Waals surface area contributed by atoms with E-state index in [4.69, 9.17) is 37.0 Å². The van der Waals surface area contributed by atoms with Gasteiger partial charge in [-0.1, -0.05) is 370 Å². The lowest BCUT2D eigenvalue weighted by molar-refractivity contribution is -0.161. The predicted molar refractivity (Wildman–Crippen MR) is 414 cm³/mol. The van der Waals surface area contributed by atoms with Crippen LogP contribution in [0.5, 0.6) is 0 Å². The Hall–Kier alpha value is -1.94. The maximum absolute atomic E-state index is 13.1. The zero-order valence-corrected chi connectivity index (χ0v) is 68.3. The number of aliphatic hydroxyl groups excluding tert-OH is 1. The van der Waals surface area contributed by atoms with Gasteiger partial charge in [0.25, 0.3) is 0 Å². The number of hydrogen-bond donors (Lipinski definition) is 3. The van der Waals surface area contributed by atoms with Gasteiger partial charge in [-0.05, 0) is 49.4 Å². The molecule has 0 radical (unpaired) electrons. The van der Waals surface area contributed by atoms with Crippen molar-refractivity contribution < 1.29 is 80.2 Å². The molecule has 6 atom stereocenters. The summed E-state index contributed by atoms with van der Waals surface area (Å²) in [5, 5.41) is 10.6. The monoisotopic (exact) mass is 1480 g/mol. The van der Waals surface area contributed by atoms with E-state index >= 15 is 0 Å². The van der Waals surface area contributed by atoms with E-state index in [0.29, 0.717) is 31.6 Å². The Bertz CT molecular complexity index is 1970. The van der Waals surface area contributed by atoms with E-state index in [0.717, 1.165) is 114 Å². The molecule has 101 heavy (non-hydrogen) atoms. The minimum atomic E-state index is -4.96. The van der Waals surface area contributed by atoms with Gasteiger partial charge in [-0.3, -0.25) is 37.3 Å². The van der Waals surface area contributed by atoms with Gasteiger partial charge in [0.1, 0.15) is 19.3 Å². The molecule has 17 nitrogen and oxygen atoms in total. The number of esters is 4. The number of aliphatic hydroxyl groups is 1. The molecule has 0 aliphatic rings. The van der Waals surface area contributed by atoms with E-state index in [9.17, 15) is 43.2 Å². The van der Waals surface area contributed by atoms with Crippen molar-refractivity contribution in [3.63, 3.8) is 0 Å². The molecule has 0 aromatic heterocycles. The molecule has 0 rings (SSSR count). The van der Waals surface area contributed by atoms with Crippen LogP contribution in [0.25, 0.3) is 0 Å². The Morgan fingerprint density at radius 1 is 0.277 bits per heavy atom. The highest BCUT2D eigenvalue weighted by Crippen LogP contribution is 2.45. The van der Waals surface area contributed by atoms with Crippen LogP contribution in [0.4, 0.5) is 0 Å². The van der Waals surface area contributed by atoms with Crippen molar-refractivity contribution in [2.45, 2.75) is 440 Å². The molecule has 0 aliphatic heterocycles. The summed E-state index contributed by atoms with van der Waals surface area (Å²) in [7, 11) is -9.92. The number of rotatable bonds is 79. The van der Waals surface area contributed by atoms with Crippen molar-refractivity contribution >= 4 is 39.5 Å². The highest BCUT2D eigenvalue weighted by atomic mass is 31.2. The van der Waals surface area contributed by atoms with Crippen LogP contribution in [0, 0.1) is 23.7 Å².